The van der Waals surface area contributed by atoms with Gasteiger partial charge in [-0.15, -0.1) is 0 Å². The van der Waals surface area contributed by atoms with Crippen LogP contribution in [0, 0.1) is 10.5 Å². The van der Waals surface area contributed by atoms with Gasteiger partial charge in [0.2, 0.25) is 0 Å². The van der Waals surface area contributed by atoms with Gasteiger partial charge in [-0.1, -0.05) is 6.07 Å². The Hall–Kier alpha value is -0.290. The molecule has 92 valence electrons. The molecule has 2 fully saturated rings. The van der Waals surface area contributed by atoms with Crippen molar-refractivity contribution in [3.8, 4) is 0 Å². The molecular weight excluding hydrogens is 323 g/mol. The molecule has 3 heteroatoms. The van der Waals surface area contributed by atoms with Crippen LogP contribution in [0.1, 0.15) is 24.8 Å². The largest absolute Gasteiger partial charge is 0.370 e. The molecule has 1 aliphatic carbocycles. The van der Waals surface area contributed by atoms with Gasteiger partial charge in [-0.25, -0.2) is 0 Å². The highest BCUT2D eigenvalue weighted by atomic mass is 127. The molecule has 1 heterocycles. The van der Waals surface area contributed by atoms with Crippen molar-refractivity contribution in [2.45, 2.75) is 38.3 Å². The lowest BCUT2D eigenvalue weighted by molar-refractivity contribution is 0.548. The number of anilines is 1. The second-order valence-corrected chi connectivity index (χ2v) is 6.42. The summed E-state index contributed by atoms with van der Waals surface area (Å²) in [5.41, 5.74) is 2.86. The molecule has 3 rings (SSSR count). The van der Waals surface area contributed by atoms with E-state index >= 15 is 0 Å². The summed E-state index contributed by atoms with van der Waals surface area (Å²) < 4.78 is 1.37. The molecule has 1 aromatic carbocycles. The highest BCUT2D eigenvalue weighted by Crippen LogP contribution is 2.28. The molecule has 1 saturated carbocycles. The molecular formula is C14H19IN2. The number of benzene rings is 1. The third kappa shape index (κ3) is 2.60. The molecule has 1 atom stereocenters. The molecule has 1 aliphatic heterocycles. The van der Waals surface area contributed by atoms with Crippen LogP contribution in [0.5, 0.6) is 0 Å². The quantitative estimate of drug-likeness (QED) is 0.850. The number of hydrogen-bond acceptors (Lipinski definition) is 2. The molecule has 2 nitrogen and oxygen atoms in total. The van der Waals surface area contributed by atoms with Gasteiger partial charge in [0.15, 0.2) is 0 Å². The van der Waals surface area contributed by atoms with E-state index in [9.17, 15) is 0 Å². The Morgan fingerprint density at radius 2 is 2.06 bits per heavy atom. The van der Waals surface area contributed by atoms with Gasteiger partial charge in [0, 0.05) is 34.4 Å². The van der Waals surface area contributed by atoms with Crippen molar-refractivity contribution >= 4 is 28.3 Å². The van der Waals surface area contributed by atoms with Crippen molar-refractivity contribution in [2.24, 2.45) is 0 Å². The molecule has 0 aromatic heterocycles. The van der Waals surface area contributed by atoms with Gasteiger partial charge in [-0.05, 0) is 66.5 Å². The molecule has 17 heavy (non-hydrogen) atoms. The zero-order valence-electron chi connectivity index (χ0n) is 10.2. The number of nitrogens with one attached hydrogen (secondary N) is 1. The van der Waals surface area contributed by atoms with Crippen LogP contribution in [-0.4, -0.2) is 25.2 Å². The summed E-state index contributed by atoms with van der Waals surface area (Å²) in [5, 5.41) is 3.74. The van der Waals surface area contributed by atoms with Crippen LogP contribution < -0.4 is 10.2 Å². The second-order valence-electron chi connectivity index (χ2n) is 5.26. The van der Waals surface area contributed by atoms with E-state index in [0.717, 1.165) is 6.04 Å². The number of hydrogen-bond donors (Lipinski definition) is 1. The topological polar surface area (TPSA) is 15.3 Å². The minimum absolute atomic E-state index is 0.708. The first kappa shape index (κ1) is 11.8. The Kier molecular flexibility index (Phi) is 3.30. The van der Waals surface area contributed by atoms with Crippen molar-refractivity contribution in [3.05, 3.63) is 27.3 Å². The molecule has 0 amide bonds. The standard InChI is InChI=1S/C14H19IN2/c1-10-13(15)3-2-4-14(10)17-8-7-12(9-17)16-11-5-6-11/h2-4,11-12,16H,5-9H2,1H3. The first-order chi connectivity index (χ1) is 8.24. The number of rotatable bonds is 3. The predicted octanol–water partition coefficient (Wildman–Crippen LogP) is 2.93. The maximum atomic E-state index is 3.74. The third-order valence-electron chi connectivity index (χ3n) is 3.82. The van der Waals surface area contributed by atoms with Gasteiger partial charge in [-0.2, -0.15) is 0 Å². The van der Waals surface area contributed by atoms with E-state index in [2.05, 4.69) is 57.9 Å². The SMILES string of the molecule is Cc1c(I)cccc1N1CCC(NC2CC2)C1. The van der Waals surface area contributed by atoms with E-state index in [1.54, 1.807) is 0 Å². The van der Waals surface area contributed by atoms with Crippen LogP contribution in [0.3, 0.4) is 0 Å². The van der Waals surface area contributed by atoms with Crippen LogP contribution in [-0.2, 0) is 0 Å². The van der Waals surface area contributed by atoms with Crippen LogP contribution in [0.2, 0.25) is 0 Å². The number of halogens is 1. The van der Waals surface area contributed by atoms with Crippen LogP contribution in [0.4, 0.5) is 5.69 Å². The Bertz CT molecular complexity index is 415. The molecule has 2 aliphatic rings. The van der Waals surface area contributed by atoms with E-state index < -0.39 is 0 Å². The summed E-state index contributed by atoms with van der Waals surface area (Å²) in [5.74, 6) is 0. The van der Waals surface area contributed by atoms with Crippen molar-refractivity contribution < 1.29 is 0 Å². The van der Waals surface area contributed by atoms with E-state index in [0.29, 0.717) is 6.04 Å². The minimum Gasteiger partial charge on any atom is -0.370 e. The fraction of sp³-hybridized carbons (Fsp3) is 0.571. The van der Waals surface area contributed by atoms with Crippen molar-refractivity contribution in [1.82, 2.24) is 5.32 Å². The highest BCUT2D eigenvalue weighted by molar-refractivity contribution is 14.1. The van der Waals surface area contributed by atoms with Crippen LogP contribution in [0.25, 0.3) is 0 Å². The van der Waals surface area contributed by atoms with Crippen molar-refractivity contribution in [2.75, 3.05) is 18.0 Å². The second kappa shape index (κ2) is 4.76. The van der Waals surface area contributed by atoms with E-state index in [1.165, 1.54) is 47.2 Å². The van der Waals surface area contributed by atoms with Gasteiger partial charge in [0.25, 0.3) is 0 Å². The van der Waals surface area contributed by atoms with E-state index in [4.69, 9.17) is 0 Å². The van der Waals surface area contributed by atoms with E-state index in [-0.39, 0.29) is 0 Å². The maximum absolute atomic E-state index is 3.74. The Balaban J connectivity index is 1.70. The molecule has 1 aromatic rings. The van der Waals surface area contributed by atoms with E-state index in [1.807, 2.05) is 0 Å². The average Bonchev–Trinajstić information content (AvgIpc) is 3.00. The lowest BCUT2D eigenvalue weighted by atomic mass is 10.2. The van der Waals surface area contributed by atoms with Crippen molar-refractivity contribution in [3.63, 3.8) is 0 Å². The smallest absolute Gasteiger partial charge is 0.0407 e. The van der Waals surface area contributed by atoms with Crippen LogP contribution >= 0.6 is 22.6 Å². The summed E-state index contributed by atoms with van der Waals surface area (Å²) in [6, 6.07) is 8.16. The average molecular weight is 342 g/mol. The molecule has 1 N–H and O–H groups in total. The number of nitrogens with zero attached hydrogens (tertiary/aromatic N) is 1. The lowest BCUT2D eigenvalue weighted by Crippen LogP contribution is -2.34. The lowest BCUT2D eigenvalue weighted by Gasteiger charge is -2.22. The van der Waals surface area contributed by atoms with Gasteiger partial charge in [0.1, 0.15) is 0 Å². The monoisotopic (exact) mass is 342 g/mol. The molecule has 0 bridgehead atoms. The summed E-state index contributed by atoms with van der Waals surface area (Å²) in [4.78, 5) is 2.54. The Morgan fingerprint density at radius 3 is 2.82 bits per heavy atom. The zero-order valence-corrected chi connectivity index (χ0v) is 12.4. The first-order valence-corrected chi connectivity index (χ1v) is 7.58. The molecule has 1 unspecified atom stereocenters. The van der Waals surface area contributed by atoms with Crippen LogP contribution in [0.15, 0.2) is 18.2 Å². The highest BCUT2D eigenvalue weighted by Gasteiger charge is 2.29. The fourth-order valence-corrected chi connectivity index (χ4v) is 3.12. The first-order valence-electron chi connectivity index (χ1n) is 6.50. The molecule has 1 saturated heterocycles. The van der Waals surface area contributed by atoms with Gasteiger partial charge in [0.05, 0.1) is 0 Å². The Morgan fingerprint density at radius 1 is 1.24 bits per heavy atom. The predicted molar refractivity (Wildman–Crippen MR) is 80.7 cm³/mol. The normalized spacial score (nSPS) is 24.4. The third-order valence-corrected chi connectivity index (χ3v) is 4.99. The van der Waals surface area contributed by atoms with Gasteiger partial charge < -0.3 is 10.2 Å². The summed E-state index contributed by atoms with van der Waals surface area (Å²) in [7, 11) is 0. The zero-order chi connectivity index (χ0) is 11.8. The molecule has 0 radical (unpaired) electrons. The fourth-order valence-electron chi connectivity index (χ4n) is 2.64. The van der Waals surface area contributed by atoms with Gasteiger partial charge >= 0.3 is 0 Å². The van der Waals surface area contributed by atoms with Crippen molar-refractivity contribution in [1.29, 1.82) is 0 Å². The Labute approximate surface area is 117 Å². The minimum atomic E-state index is 0.708. The molecule has 0 spiro atoms. The maximum Gasteiger partial charge on any atom is 0.0407 e. The summed E-state index contributed by atoms with van der Waals surface area (Å²) in [6.07, 6.45) is 4.07. The summed E-state index contributed by atoms with van der Waals surface area (Å²) >= 11 is 2.43. The van der Waals surface area contributed by atoms with Gasteiger partial charge in [-0.3, -0.25) is 0 Å². The summed E-state index contributed by atoms with van der Waals surface area (Å²) in [6.45, 7) is 4.61.